The third-order valence-electron chi connectivity index (χ3n) is 2.48. The van der Waals surface area contributed by atoms with Crippen LogP contribution in [0.25, 0.3) is 0 Å². The van der Waals surface area contributed by atoms with Crippen LogP contribution in [0, 0.1) is 0 Å². The van der Waals surface area contributed by atoms with E-state index in [0.29, 0.717) is 18.3 Å². The molecule has 0 radical (unpaired) electrons. The van der Waals surface area contributed by atoms with Crippen molar-refractivity contribution in [3.05, 3.63) is 53.3 Å². The van der Waals surface area contributed by atoms with Crippen LogP contribution in [0.15, 0.2) is 42.6 Å². The highest BCUT2D eigenvalue weighted by Gasteiger charge is 2.02. The second kappa shape index (κ2) is 6.26. The zero-order valence-corrected chi connectivity index (χ0v) is 10.9. The normalized spacial score (nSPS) is 10.1. The molecule has 18 heavy (non-hydrogen) atoms. The zero-order valence-electron chi connectivity index (χ0n) is 10.2. The standard InChI is InChI=1S/C14H15ClN2O/c1-2-18-13-6-4-3-5-11(13)9-16-12-7-8-14(15)17-10-12/h3-8,10,16H,2,9H2,1H3. The molecule has 1 N–H and O–H groups in total. The molecule has 2 aromatic rings. The SMILES string of the molecule is CCOc1ccccc1CNc1ccc(Cl)nc1. The molecule has 0 bridgehead atoms. The van der Waals surface area contributed by atoms with E-state index < -0.39 is 0 Å². The summed E-state index contributed by atoms with van der Waals surface area (Å²) in [7, 11) is 0. The summed E-state index contributed by atoms with van der Waals surface area (Å²) in [4.78, 5) is 4.02. The molecule has 0 aliphatic carbocycles. The molecule has 0 spiro atoms. The van der Waals surface area contributed by atoms with E-state index in [1.807, 2.05) is 37.3 Å². The minimum Gasteiger partial charge on any atom is -0.494 e. The molecule has 0 atom stereocenters. The van der Waals surface area contributed by atoms with Gasteiger partial charge in [0.2, 0.25) is 0 Å². The van der Waals surface area contributed by atoms with E-state index in [0.717, 1.165) is 17.0 Å². The third kappa shape index (κ3) is 3.37. The van der Waals surface area contributed by atoms with Crippen LogP contribution in [0.2, 0.25) is 5.15 Å². The van der Waals surface area contributed by atoms with Crippen LogP contribution >= 0.6 is 11.6 Å². The first-order valence-electron chi connectivity index (χ1n) is 5.85. The molecule has 1 aromatic heterocycles. The Morgan fingerprint density at radius 3 is 2.78 bits per heavy atom. The highest BCUT2D eigenvalue weighted by atomic mass is 35.5. The summed E-state index contributed by atoms with van der Waals surface area (Å²) in [5, 5.41) is 3.78. The van der Waals surface area contributed by atoms with E-state index in [2.05, 4.69) is 10.3 Å². The maximum absolute atomic E-state index is 5.74. The summed E-state index contributed by atoms with van der Waals surface area (Å²) in [5.74, 6) is 0.912. The van der Waals surface area contributed by atoms with Crippen molar-refractivity contribution in [2.45, 2.75) is 13.5 Å². The van der Waals surface area contributed by atoms with Crippen molar-refractivity contribution in [3.8, 4) is 5.75 Å². The van der Waals surface area contributed by atoms with Gasteiger partial charge in [0.25, 0.3) is 0 Å². The maximum Gasteiger partial charge on any atom is 0.129 e. The van der Waals surface area contributed by atoms with Gasteiger partial charge in [-0.1, -0.05) is 29.8 Å². The predicted octanol–water partition coefficient (Wildman–Crippen LogP) is 3.75. The van der Waals surface area contributed by atoms with Crippen LogP contribution < -0.4 is 10.1 Å². The Kier molecular flexibility index (Phi) is 4.42. The summed E-state index contributed by atoms with van der Waals surface area (Å²) in [6, 6.07) is 11.6. The lowest BCUT2D eigenvalue weighted by Gasteiger charge is -2.11. The van der Waals surface area contributed by atoms with Gasteiger partial charge in [-0.25, -0.2) is 4.98 Å². The molecule has 3 nitrogen and oxygen atoms in total. The van der Waals surface area contributed by atoms with Crippen molar-refractivity contribution < 1.29 is 4.74 Å². The minimum absolute atomic E-state index is 0.496. The second-order valence-electron chi connectivity index (χ2n) is 3.76. The fraction of sp³-hybridized carbons (Fsp3) is 0.214. The van der Waals surface area contributed by atoms with E-state index >= 15 is 0 Å². The van der Waals surface area contributed by atoms with Crippen LogP contribution in [0.1, 0.15) is 12.5 Å². The molecule has 2 rings (SSSR count). The fourth-order valence-corrected chi connectivity index (χ4v) is 1.74. The van der Waals surface area contributed by atoms with E-state index in [-0.39, 0.29) is 0 Å². The van der Waals surface area contributed by atoms with Crippen molar-refractivity contribution in [1.82, 2.24) is 4.98 Å². The van der Waals surface area contributed by atoms with Gasteiger partial charge in [-0.3, -0.25) is 0 Å². The number of rotatable bonds is 5. The molecular weight excluding hydrogens is 248 g/mol. The summed E-state index contributed by atoms with van der Waals surface area (Å²) in [6.45, 7) is 3.34. The van der Waals surface area contributed by atoms with Crippen molar-refractivity contribution in [1.29, 1.82) is 0 Å². The van der Waals surface area contributed by atoms with E-state index in [1.165, 1.54) is 0 Å². The number of para-hydroxylation sites is 1. The summed E-state index contributed by atoms with van der Waals surface area (Å²) in [6.07, 6.45) is 1.71. The lowest BCUT2D eigenvalue weighted by molar-refractivity contribution is 0.337. The van der Waals surface area contributed by atoms with Crippen LogP contribution in [0.4, 0.5) is 5.69 Å². The van der Waals surface area contributed by atoms with Gasteiger partial charge in [-0.15, -0.1) is 0 Å². The van der Waals surface area contributed by atoms with Crippen molar-refractivity contribution in [2.75, 3.05) is 11.9 Å². The largest absolute Gasteiger partial charge is 0.494 e. The summed E-state index contributed by atoms with van der Waals surface area (Å²) < 4.78 is 5.57. The first-order valence-corrected chi connectivity index (χ1v) is 6.23. The molecule has 0 saturated heterocycles. The molecule has 94 valence electrons. The smallest absolute Gasteiger partial charge is 0.129 e. The number of benzene rings is 1. The molecule has 0 saturated carbocycles. The number of hydrogen-bond donors (Lipinski definition) is 1. The average Bonchev–Trinajstić information content (AvgIpc) is 2.40. The number of nitrogens with one attached hydrogen (secondary N) is 1. The Morgan fingerprint density at radius 1 is 1.22 bits per heavy atom. The van der Waals surface area contributed by atoms with Gasteiger partial charge in [0.05, 0.1) is 18.5 Å². The molecule has 0 aliphatic rings. The number of ether oxygens (including phenoxy) is 1. The molecule has 4 heteroatoms. The lowest BCUT2D eigenvalue weighted by atomic mass is 10.2. The second-order valence-corrected chi connectivity index (χ2v) is 4.15. The fourth-order valence-electron chi connectivity index (χ4n) is 1.62. The summed E-state index contributed by atoms with van der Waals surface area (Å²) in [5.41, 5.74) is 2.06. The molecule has 0 unspecified atom stereocenters. The molecule has 0 fully saturated rings. The number of anilines is 1. The first-order chi connectivity index (χ1) is 8.79. The highest BCUT2D eigenvalue weighted by Crippen LogP contribution is 2.19. The molecule has 0 aliphatic heterocycles. The van der Waals surface area contributed by atoms with Crippen LogP contribution in [-0.4, -0.2) is 11.6 Å². The number of nitrogens with zero attached hydrogens (tertiary/aromatic N) is 1. The Balaban J connectivity index is 2.03. The lowest BCUT2D eigenvalue weighted by Crippen LogP contribution is -2.03. The van der Waals surface area contributed by atoms with Crippen molar-refractivity contribution in [2.24, 2.45) is 0 Å². The first kappa shape index (κ1) is 12.7. The van der Waals surface area contributed by atoms with E-state index in [1.54, 1.807) is 12.3 Å². The number of hydrogen-bond acceptors (Lipinski definition) is 3. The van der Waals surface area contributed by atoms with Gasteiger partial charge in [-0.2, -0.15) is 0 Å². The van der Waals surface area contributed by atoms with Gasteiger partial charge in [0.1, 0.15) is 10.9 Å². The number of halogens is 1. The van der Waals surface area contributed by atoms with E-state index in [4.69, 9.17) is 16.3 Å². The van der Waals surface area contributed by atoms with Crippen LogP contribution in [0.5, 0.6) is 5.75 Å². The Labute approximate surface area is 112 Å². The van der Waals surface area contributed by atoms with Crippen molar-refractivity contribution >= 4 is 17.3 Å². The number of pyridine rings is 1. The van der Waals surface area contributed by atoms with Gasteiger partial charge >= 0.3 is 0 Å². The molecular formula is C14H15ClN2O. The molecule has 0 amide bonds. The number of aromatic nitrogens is 1. The van der Waals surface area contributed by atoms with Crippen LogP contribution in [0.3, 0.4) is 0 Å². The van der Waals surface area contributed by atoms with Gasteiger partial charge in [0.15, 0.2) is 0 Å². The Morgan fingerprint density at radius 2 is 2.06 bits per heavy atom. The maximum atomic E-state index is 5.74. The third-order valence-corrected chi connectivity index (χ3v) is 2.71. The predicted molar refractivity (Wildman–Crippen MR) is 74.2 cm³/mol. The Bertz CT molecular complexity index is 499. The average molecular weight is 263 g/mol. The topological polar surface area (TPSA) is 34.1 Å². The minimum atomic E-state index is 0.496. The monoisotopic (exact) mass is 262 g/mol. The summed E-state index contributed by atoms with van der Waals surface area (Å²) >= 11 is 5.74. The quantitative estimate of drug-likeness (QED) is 0.834. The van der Waals surface area contributed by atoms with Crippen molar-refractivity contribution in [3.63, 3.8) is 0 Å². The zero-order chi connectivity index (χ0) is 12.8. The molecule has 1 heterocycles. The molecule has 1 aromatic carbocycles. The Hall–Kier alpha value is -1.74. The van der Waals surface area contributed by atoms with Crippen LogP contribution in [-0.2, 0) is 6.54 Å². The van der Waals surface area contributed by atoms with Gasteiger partial charge in [0, 0.05) is 12.1 Å². The highest BCUT2D eigenvalue weighted by molar-refractivity contribution is 6.29. The van der Waals surface area contributed by atoms with Gasteiger partial charge < -0.3 is 10.1 Å². The van der Waals surface area contributed by atoms with Gasteiger partial charge in [-0.05, 0) is 25.1 Å². The van der Waals surface area contributed by atoms with E-state index in [9.17, 15) is 0 Å².